The van der Waals surface area contributed by atoms with Gasteiger partial charge in [-0.15, -0.1) is 0 Å². The first-order valence-electron chi connectivity index (χ1n) is 11.0. The highest BCUT2D eigenvalue weighted by Crippen LogP contribution is 2.42. The largest absolute Gasteiger partial charge is 0.395 e. The second kappa shape index (κ2) is 9.54. The Bertz CT molecular complexity index is 866. The lowest BCUT2D eigenvalue weighted by Crippen LogP contribution is -2.68. The number of carbonyl (C=O) groups excluding carboxylic acids is 1. The Morgan fingerprint density at radius 1 is 1.20 bits per heavy atom. The van der Waals surface area contributed by atoms with Crippen molar-refractivity contribution in [3.63, 3.8) is 0 Å². The number of rotatable bonds is 5. The van der Waals surface area contributed by atoms with Gasteiger partial charge in [-0.1, -0.05) is 42.5 Å². The molecule has 0 bridgehead atoms. The third kappa shape index (κ3) is 4.32. The van der Waals surface area contributed by atoms with Crippen LogP contribution in [0.5, 0.6) is 0 Å². The maximum Gasteiger partial charge on any atom is 0.227 e. The van der Waals surface area contributed by atoms with Crippen molar-refractivity contribution in [1.29, 1.82) is 0 Å². The van der Waals surface area contributed by atoms with E-state index in [1.807, 2.05) is 30.0 Å². The zero-order chi connectivity index (χ0) is 20.9. The van der Waals surface area contributed by atoms with Crippen LogP contribution >= 0.6 is 0 Å². The highest BCUT2D eigenvalue weighted by Gasteiger charge is 2.49. The molecule has 30 heavy (non-hydrogen) atoms. The lowest BCUT2D eigenvalue weighted by Gasteiger charge is -2.57. The van der Waals surface area contributed by atoms with Gasteiger partial charge in [0.15, 0.2) is 0 Å². The summed E-state index contributed by atoms with van der Waals surface area (Å²) in [6.07, 6.45) is 10.1. The number of hydrogen-bond acceptors (Lipinski definition) is 4. The summed E-state index contributed by atoms with van der Waals surface area (Å²) in [4.78, 5) is 21.6. The van der Waals surface area contributed by atoms with Crippen LogP contribution in [0.15, 0.2) is 54.9 Å². The van der Waals surface area contributed by atoms with Gasteiger partial charge in [0.25, 0.3) is 0 Å². The van der Waals surface area contributed by atoms with E-state index in [9.17, 15) is 9.90 Å². The molecule has 1 N–H and O–H groups in total. The molecule has 0 unspecified atom stereocenters. The Morgan fingerprint density at radius 2 is 2.00 bits per heavy atom. The molecule has 3 atom stereocenters. The molecule has 1 aromatic carbocycles. The number of nitrogens with zero attached hydrogens (tertiary/aromatic N) is 3. The van der Waals surface area contributed by atoms with E-state index < -0.39 is 0 Å². The maximum absolute atomic E-state index is 13.0. The summed E-state index contributed by atoms with van der Waals surface area (Å²) in [6.45, 7) is 4.69. The maximum atomic E-state index is 13.0. The van der Waals surface area contributed by atoms with Crippen molar-refractivity contribution in [2.45, 2.75) is 44.2 Å². The van der Waals surface area contributed by atoms with Crippen molar-refractivity contribution >= 4 is 12.0 Å². The van der Waals surface area contributed by atoms with Crippen LogP contribution in [0.1, 0.15) is 42.4 Å². The fraction of sp³-hybridized carbons (Fsp3) is 0.440. The van der Waals surface area contributed by atoms with Crippen LogP contribution in [0.25, 0.3) is 6.08 Å². The summed E-state index contributed by atoms with van der Waals surface area (Å²) in [6, 6.07) is 12.9. The number of amides is 1. The summed E-state index contributed by atoms with van der Waals surface area (Å²) < 4.78 is 0. The van der Waals surface area contributed by atoms with Gasteiger partial charge in [0.2, 0.25) is 5.91 Å². The molecule has 0 saturated carbocycles. The second-order valence-electron chi connectivity index (χ2n) is 8.33. The van der Waals surface area contributed by atoms with Gasteiger partial charge in [0.05, 0.1) is 13.0 Å². The van der Waals surface area contributed by atoms with Gasteiger partial charge in [-0.25, -0.2) is 0 Å². The molecule has 5 heteroatoms. The molecular weight excluding hydrogens is 374 g/mol. The molecular formula is C25H31N3O2. The minimum Gasteiger partial charge on any atom is -0.395 e. The molecule has 2 fully saturated rings. The lowest BCUT2D eigenvalue weighted by molar-refractivity contribution is -0.135. The third-order valence-corrected chi connectivity index (χ3v) is 6.48. The highest BCUT2D eigenvalue weighted by atomic mass is 16.3. The van der Waals surface area contributed by atoms with Crippen LogP contribution in [0.2, 0.25) is 0 Å². The lowest BCUT2D eigenvalue weighted by atomic mass is 9.74. The van der Waals surface area contributed by atoms with Crippen molar-refractivity contribution in [2.24, 2.45) is 0 Å². The summed E-state index contributed by atoms with van der Waals surface area (Å²) in [5.41, 5.74) is 3.40. The first-order chi connectivity index (χ1) is 14.7. The molecule has 2 aliphatic heterocycles. The first-order valence-corrected chi connectivity index (χ1v) is 11.0. The predicted octanol–water partition coefficient (Wildman–Crippen LogP) is 3.11. The zero-order valence-corrected chi connectivity index (χ0v) is 17.7. The topological polar surface area (TPSA) is 56.7 Å². The van der Waals surface area contributed by atoms with Gasteiger partial charge in [0, 0.05) is 43.5 Å². The molecule has 2 saturated heterocycles. The van der Waals surface area contributed by atoms with Gasteiger partial charge in [-0.3, -0.25) is 14.7 Å². The molecule has 0 spiro atoms. The molecule has 2 aliphatic rings. The van der Waals surface area contributed by atoms with Gasteiger partial charge in [-0.2, -0.15) is 0 Å². The summed E-state index contributed by atoms with van der Waals surface area (Å²) in [7, 11) is 0. The number of benzene rings is 1. The number of aliphatic hydroxyl groups excluding tert-OH is 1. The molecule has 158 valence electrons. The van der Waals surface area contributed by atoms with E-state index in [2.05, 4.69) is 40.2 Å². The van der Waals surface area contributed by atoms with E-state index in [-0.39, 0.29) is 30.5 Å². The van der Waals surface area contributed by atoms with Crippen molar-refractivity contribution in [3.8, 4) is 0 Å². The van der Waals surface area contributed by atoms with E-state index in [0.717, 1.165) is 38.0 Å². The monoisotopic (exact) mass is 405 g/mol. The quantitative estimate of drug-likeness (QED) is 0.831. The normalized spacial score (nSPS) is 24.7. The fourth-order valence-electron chi connectivity index (χ4n) is 4.98. The van der Waals surface area contributed by atoms with E-state index in [0.29, 0.717) is 6.42 Å². The van der Waals surface area contributed by atoms with Crippen LogP contribution in [-0.4, -0.2) is 64.1 Å². The van der Waals surface area contributed by atoms with Crippen LogP contribution in [0.3, 0.4) is 0 Å². The number of fused-ring (bicyclic) bond motifs is 1. The Hall–Kier alpha value is -2.50. The number of aliphatic hydroxyl groups is 1. The van der Waals surface area contributed by atoms with E-state index in [1.54, 1.807) is 12.4 Å². The van der Waals surface area contributed by atoms with Gasteiger partial charge < -0.3 is 10.0 Å². The van der Waals surface area contributed by atoms with Crippen LogP contribution in [-0.2, 0) is 11.2 Å². The predicted molar refractivity (Wildman–Crippen MR) is 119 cm³/mol. The zero-order valence-electron chi connectivity index (χ0n) is 17.7. The summed E-state index contributed by atoms with van der Waals surface area (Å²) in [5, 5.41) is 10.1. The van der Waals surface area contributed by atoms with Gasteiger partial charge >= 0.3 is 0 Å². The SMILES string of the molecule is CC=Cc1ccc([C@H]2[C@H]3CN(C(=O)Cc4cccnc4)CCCCN3[C@H]2CO)cc1. The van der Waals surface area contributed by atoms with Crippen LogP contribution < -0.4 is 0 Å². The minimum absolute atomic E-state index is 0.135. The number of hydrogen-bond donors (Lipinski definition) is 1. The number of carbonyl (C=O) groups is 1. The number of pyridine rings is 1. The molecule has 1 aromatic heterocycles. The summed E-state index contributed by atoms with van der Waals surface area (Å²) >= 11 is 0. The average molecular weight is 406 g/mol. The van der Waals surface area contributed by atoms with Gasteiger partial charge in [-0.05, 0) is 49.1 Å². The molecule has 3 heterocycles. The van der Waals surface area contributed by atoms with E-state index in [4.69, 9.17) is 0 Å². The highest BCUT2D eigenvalue weighted by molar-refractivity contribution is 5.78. The molecule has 1 amide bonds. The molecule has 2 aromatic rings. The molecule has 0 radical (unpaired) electrons. The minimum atomic E-state index is 0.135. The number of aromatic nitrogens is 1. The summed E-state index contributed by atoms with van der Waals surface area (Å²) in [5.74, 6) is 0.418. The van der Waals surface area contributed by atoms with Gasteiger partial charge in [0.1, 0.15) is 0 Å². The van der Waals surface area contributed by atoms with Crippen molar-refractivity contribution < 1.29 is 9.90 Å². The molecule has 0 aliphatic carbocycles. The Balaban J connectivity index is 1.52. The molecule has 5 nitrogen and oxygen atoms in total. The average Bonchev–Trinajstić information content (AvgIpc) is 2.74. The Morgan fingerprint density at radius 3 is 2.70 bits per heavy atom. The standard InChI is InChI=1S/C25H31N3O2/c1-2-6-19-8-10-21(11-9-19)25-22-17-27(13-3-4-14-28(22)23(25)18-29)24(30)15-20-7-5-12-26-16-20/h2,5-12,16,22-23,25,29H,3-4,13-15,17-18H2,1H3/t22-,23+,25+/m1/s1. The van der Waals surface area contributed by atoms with Crippen molar-refractivity contribution in [3.05, 3.63) is 71.6 Å². The second-order valence-corrected chi connectivity index (χ2v) is 8.33. The van der Waals surface area contributed by atoms with Crippen molar-refractivity contribution in [2.75, 3.05) is 26.2 Å². The fourth-order valence-corrected chi connectivity index (χ4v) is 4.98. The Kier molecular flexibility index (Phi) is 6.60. The Labute approximate surface area is 179 Å². The smallest absolute Gasteiger partial charge is 0.227 e. The van der Waals surface area contributed by atoms with Crippen molar-refractivity contribution in [1.82, 2.24) is 14.8 Å². The number of allylic oxidation sites excluding steroid dienone is 1. The van der Waals surface area contributed by atoms with Crippen LogP contribution in [0.4, 0.5) is 0 Å². The molecule has 4 rings (SSSR count). The van der Waals surface area contributed by atoms with E-state index >= 15 is 0 Å². The van der Waals surface area contributed by atoms with Crippen LogP contribution in [0, 0.1) is 0 Å². The first kappa shape index (κ1) is 20.8. The third-order valence-electron chi connectivity index (χ3n) is 6.48. The van der Waals surface area contributed by atoms with E-state index in [1.165, 1.54) is 11.1 Å².